The average molecular weight is 336 g/mol. The second kappa shape index (κ2) is 6.48. The van der Waals surface area contributed by atoms with Gasteiger partial charge in [-0.2, -0.15) is 13.2 Å². The maximum atomic E-state index is 13.2. The van der Waals surface area contributed by atoms with Gasteiger partial charge in [0.15, 0.2) is 5.76 Å². The summed E-state index contributed by atoms with van der Waals surface area (Å²) in [7, 11) is 0. The first-order valence-corrected chi connectivity index (χ1v) is 7.95. The number of alkyl halides is 3. The van der Waals surface area contributed by atoms with Crippen molar-refractivity contribution >= 4 is 10.8 Å². The van der Waals surface area contributed by atoms with Gasteiger partial charge in [-0.05, 0) is 41.8 Å². The SMILES string of the molecule is CCOC1CC(c2ccc(C)c3ccccc23)C=C(C(F)(F)F)O1. The Hall–Kier alpha value is -2.01. The van der Waals surface area contributed by atoms with Gasteiger partial charge in [0.2, 0.25) is 6.29 Å². The molecule has 0 fully saturated rings. The third kappa shape index (κ3) is 3.26. The number of fused-ring (bicyclic) bond motifs is 1. The van der Waals surface area contributed by atoms with Gasteiger partial charge in [-0.1, -0.05) is 36.4 Å². The van der Waals surface area contributed by atoms with Crippen LogP contribution in [0.1, 0.15) is 30.4 Å². The minimum Gasteiger partial charge on any atom is -0.460 e. The second-order valence-electron chi connectivity index (χ2n) is 5.89. The van der Waals surface area contributed by atoms with Crippen LogP contribution in [0.25, 0.3) is 10.8 Å². The number of aryl methyl sites for hydroxylation is 1. The van der Waals surface area contributed by atoms with Crippen LogP contribution in [-0.2, 0) is 9.47 Å². The zero-order valence-corrected chi connectivity index (χ0v) is 13.6. The molecule has 2 nitrogen and oxygen atoms in total. The number of rotatable bonds is 3. The molecule has 128 valence electrons. The van der Waals surface area contributed by atoms with Crippen LogP contribution in [0, 0.1) is 6.92 Å². The van der Waals surface area contributed by atoms with Gasteiger partial charge in [-0.15, -0.1) is 0 Å². The Labute approximate surface area is 138 Å². The summed E-state index contributed by atoms with van der Waals surface area (Å²) in [6.07, 6.45) is -3.87. The molecule has 1 heterocycles. The first-order valence-electron chi connectivity index (χ1n) is 7.95. The third-order valence-electron chi connectivity index (χ3n) is 4.26. The summed E-state index contributed by atoms with van der Waals surface area (Å²) in [5.41, 5.74) is 1.97. The molecule has 2 aromatic carbocycles. The van der Waals surface area contributed by atoms with E-state index in [1.165, 1.54) is 6.08 Å². The van der Waals surface area contributed by atoms with E-state index in [4.69, 9.17) is 9.47 Å². The van der Waals surface area contributed by atoms with E-state index in [9.17, 15) is 13.2 Å². The lowest BCUT2D eigenvalue weighted by atomic mass is 9.88. The van der Waals surface area contributed by atoms with Gasteiger partial charge in [0.25, 0.3) is 0 Å². The molecule has 0 saturated carbocycles. The highest BCUT2D eigenvalue weighted by molar-refractivity contribution is 5.89. The molecule has 0 aromatic heterocycles. The lowest BCUT2D eigenvalue weighted by Gasteiger charge is -2.30. The maximum Gasteiger partial charge on any atom is 0.448 e. The Morgan fingerprint density at radius 1 is 1.12 bits per heavy atom. The van der Waals surface area contributed by atoms with Gasteiger partial charge in [-0.3, -0.25) is 0 Å². The third-order valence-corrected chi connectivity index (χ3v) is 4.26. The monoisotopic (exact) mass is 336 g/mol. The summed E-state index contributed by atoms with van der Waals surface area (Å²) in [4.78, 5) is 0. The van der Waals surface area contributed by atoms with E-state index in [2.05, 4.69) is 0 Å². The number of hydrogen-bond donors (Lipinski definition) is 0. The minimum absolute atomic E-state index is 0.303. The van der Waals surface area contributed by atoms with Crippen LogP contribution in [0.3, 0.4) is 0 Å². The number of ether oxygens (including phenoxy) is 2. The molecule has 1 aliphatic heterocycles. The Morgan fingerprint density at radius 2 is 1.83 bits per heavy atom. The van der Waals surface area contributed by atoms with Crippen molar-refractivity contribution in [3.05, 3.63) is 59.4 Å². The van der Waals surface area contributed by atoms with Crippen molar-refractivity contribution in [2.75, 3.05) is 6.61 Å². The molecule has 1 aliphatic rings. The van der Waals surface area contributed by atoms with E-state index >= 15 is 0 Å². The predicted octanol–water partition coefficient (Wildman–Crippen LogP) is 5.46. The Bertz CT molecular complexity index is 765. The normalized spacial score (nSPS) is 21.5. The van der Waals surface area contributed by atoms with Crippen molar-refractivity contribution in [1.29, 1.82) is 0 Å². The number of hydrogen-bond acceptors (Lipinski definition) is 2. The van der Waals surface area contributed by atoms with Crippen LogP contribution in [0.15, 0.2) is 48.2 Å². The van der Waals surface area contributed by atoms with E-state index in [1.54, 1.807) is 6.92 Å². The number of allylic oxidation sites excluding steroid dienone is 2. The Balaban J connectivity index is 2.08. The topological polar surface area (TPSA) is 18.5 Å². The van der Waals surface area contributed by atoms with Crippen LogP contribution in [0.5, 0.6) is 0 Å². The van der Waals surface area contributed by atoms with Gasteiger partial charge in [0, 0.05) is 18.9 Å². The first-order chi connectivity index (χ1) is 11.4. The lowest BCUT2D eigenvalue weighted by molar-refractivity contribution is -0.194. The van der Waals surface area contributed by atoms with Crippen LogP contribution in [0.4, 0.5) is 13.2 Å². The zero-order valence-electron chi connectivity index (χ0n) is 13.6. The molecule has 24 heavy (non-hydrogen) atoms. The van der Waals surface area contributed by atoms with E-state index in [0.717, 1.165) is 21.9 Å². The average Bonchev–Trinajstić information content (AvgIpc) is 2.55. The second-order valence-corrected chi connectivity index (χ2v) is 5.89. The summed E-state index contributed by atoms with van der Waals surface area (Å²) in [6, 6.07) is 11.6. The highest BCUT2D eigenvalue weighted by atomic mass is 19.4. The van der Waals surface area contributed by atoms with Crippen LogP contribution in [0.2, 0.25) is 0 Å². The zero-order chi connectivity index (χ0) is 17.3. The molecular weight excluding hydrogens is 317 g/mol. The molecule has 0 spiro atoms. The molecule has 5 heteroatoms. The molecule has 0 radical (unpaired) electrons. The van der Waals surface area contributed by atoms with Crippen molar-refractivity contribution in [2.45, 2.75) is 38.7 Å². The van der Waals surface area contributed by atoms with Gasteiger partial charge in [0.05, 0.1) is 0 Å². The molecule has 0 saturated heterocycles. The van der Waals surface area contributed by atoms with Crippen molar-refractivity contribution in [2.24, 2.45) is 0 Å². The molecule has 2 atom stereocenters. The fourth-order valence-electron chi connectivity index (χ4n) is 3.15. The number of benzene rings is 2. The summed E-state index contributed by atoms with van der Waals surface area (Å²) >= 11 is 0. The molecular formula is C19H19F3O2. The lowest BCUT2D eigenvalue weighted by Crippen LogP contribution is -2.29. The first kappa shape index (κ1) is 16.8. The summed E-state index contributed by atoms with van der Waals surface area (Å²) in [6.45, 7) is 4.04. The van der Waals surface area contributed by atoms with Gasteiger partial charge < -0.3 is 9.47 Å². The summed E-state index contributed by atoms with van der Waals surface area (Å²) < 4.78 is 49.8. The van der Waals surface area contributed by atoms with Crippen molar-refractivity contribution in [3.8, 4) is 0 Å². The molecule has 0 amide bonds. The summed E-state index contributed by atoms with van der Waals surface area (Å²) in [5, 5.41) is 2.02. The van der Waals surface area contributed by atoms with E-state index in [1.807, 2.05) is 43.3 Å². The van der Waals surface area contributed by atoms with Crippen molar-refractivity contribution in [3.63, 3.8) is 0 Å². The van der Waals surface area contributed by atoms with Gasteiger partial charge in [-0.25, -0.2) is 0 Å². The summed E-state index contributed by atoms with van der Waals surface area (Å²) in [5.74, 6) is -1.38. The Kier molecular flexibility index (Phi) is 4.54. The molecule has 0 N–H and O–H groups in total. The standard InChI is InChI=1S/C19H19F3O2/c1-3-23-18-11-13(10-17(24-18)19(20,21)22)15-9-8-12(2)14-6-4-5-7-16(14)15/h4-10,13,18H,3,11H2,1-2H3. The maximum absolute atomic E-state index is 13.2. The van der Waals surface area contributed by atoms with E-state index in [0.29, 0.717) is 13.0 Å². The van der Waals surface area contributed by atoms with E-state index < -0.39 is 24.1 Å². The van der Waals surface area contributed by atoms with Crippen molar-refractivity contribution < 1.29 is 22.6 Å². The quantitative estimate of drug-likeness (QED) is 0.741. The molecule has 2 aromatic rings. The minimum atomic E-state index is -4.52. The van der Waals surface area contributed by atoms with Crippen LogP contribution < -0.4 is 0 Å². The van der Waals surface area contributed by atoms with Crippen LogP contribution in [-0.4, -0.2) is 19.1 Å². The smallest absolute Gasteiger partial charge is 0.448 e. The largest absolute Gasteiger partial charge is 0.460 e. The molecule has 0 bridgehead atoms. The molecule has 2 unspecified atom stereocenters. The Morgan fingerprint density at radius 3 is 2.50 bits per heavy atom. The molecule has 0 aliphatic carbocycles. The fraction of sp³-hybridized carbons (Fsp3) is 0.368. The highest BCUT2D eigenvalue weighted by Crippen LogP contribution is 2.40. The van der Waals surface area contributed by atoms with Crippen molar-refractivity contribution in [1.82, 2.24) is 0 Å². The van der Waals surface area contributed by atoms with Gasteiger partial charge in [0.1, 0.15) is 0 Å². The van der Waals surface area contributed by atoms with Gasteiger partial charge >= 0.3 is 6.18 Å². The predicted molar refractivity (Wildman–Crippen MR) is 86.7 cm³/mol. The van der Waals surface area contributed by atoms with E-state index in [-0.39, 0.29) is 0 Å². The number of halogens is 3. The fourth-order valence-corrected chi connectivity index (χ4v) is 3.15. The molecule has 3 rings (SSSR count). The highest BCUT2D eigenvalue weighted by Gasteiger charge is 2.41. The van der Waals surface area contributed by atoms with Crippen LogP contribution >= 0.6 is 0 Å².